The molecule has 180 valence electrons. The Morgan fingerprint density at radius 2 is 1.89 bits per heavy atom. The third kappa shape index (κ3) is 3.97. The quantitative estimate of drug-likeness (QED) is 0.126. The Morgan fingerprint density at radius 3 is 2.61 bits per heavy atom. The lowest BCUT2D eigenvalue weighted by atomic mass is 9.95. The molecule has 3 aromatic carbocycles. The first-order valence-corrected chi connectivity index (χ1v) is 11.8. The van der Waals surface area contributed by atoms with E-state index in [1.54, 1.807) is 54.6 Å². The number of carbonyl (C=O) groups is 2. The molecule has 9 nitrogen and oxygen atoms in total. The number of benzene rings is 3. The predicted molar refractivity (Wildman–Crippen MR) is 135 cm³/mol. The lowest BCUT2D eigenvalue weighted by Gasteiger charge is -2.22. The zero-order valence-corrected chi connectivity index (χ0v) is 19.8. The number of ether oxygens (including phenoxy) is 1. The molecule has 0 bridgehead atoms. The van der Waals surface area contributed by atoms with Crippen molar-refractivity contribution in [3.8, 4) is 5.75 Å². The van der Waals surface area contributed by atoms with Gasteiger partial charge in [0.2, 0.25) is 0 Å². The molecule has 1 saturated heterocycles. The summed E-state index contributed by atoms with van der Waals surface area (Å²) in [6.07, 6.45) is 0. The van der Waals surface area contributed by atoms with Gasteiger partial charge in [-0.2, -0.15) is 0 Å². The molecule has 10 heteroatoms. The number of aliphatic hydroxyl groups is 1. The number of rotatable bonds is 6. The van der Waals surface area contributed by atoms with Gasteiger partial charge in [0.1, 0.15) is 11.5 Å². The van der Waals surface area contributed by atoms with E-state index in [-0.39, 0.29) is 22.2 Å². The van der Waals surface area contributed by atoms with Crippen LogP contribution < -0.4 is 9.64 Å². The van der Waals surface area contributed by atoms with Gasteiger partial charge in [0, 0.05) is 17.7 Å². The molecule has 1 atom stereocenters. The van der Waals surface area contributed by atoms with Crippen LogP contribution in [0.3, 0.4) is 0 Å². The highest BCUT2D eigenvalue weighted by Gasteiger charge is 2.48. The third-order valence-corrected chi connectivity index (χ3v) is 6.77. The van der Waals surface area contributed by atoms with Gasteiger partial charge in [-0.25, -0.2) is 4.98 Å². The van der Waals surface area contributed by atoms with Crippen molar-refractivity contribution in [2.24, 2.45) is 0 Å². The van der Waals surface area contributed by atoms with Crippen molar-refractivity contribution in [3.05, 3.63) is 99.6 Å². The smallest absolute Gasteiger partial charge is 0.301 e. The van der Waals surface area contributed by atoms with Crippen LogP contribution in [0.5, 0.6) is 5.75 Å². The molecule has 1 fully saturated rings. The second-order valence-corrected chi connectivity index (χ2v) is 8.96. The van der Waals surface area contributed by atoms with Crippen molar-refractivity contribution in [2.45, 2.75) is 13.0 Å². The maximum atomic E-state index is 13.3. The monoisotopic (exact) mass is 501 g/mol. The summed E-state index contributed by atoms with van der Waals surface area (Å²) in [5, 5.41) is 22.8. The van der Waals surface area contributed by atoms with Gasteiger partial charge < -0.3 is 9.84 Å². The van der Waals surface area contributed by atoms with Crippen LogP contribution in [0.2, 0.25) is 0 Å². The van der Waals surface area contributed by atoms with Crippen LogP contribution >= 0.6 is 11.3 Å². The summed E-state index contributed by atoms with van der Waals surface area (Å²) in [7, 11) is 0. The Morgan fingerprint density at radius 1 is 1.11 bits per heavy atom. The van der Waals surface area contributed by atoms with Crippen molar-refractivity contribution in [2.75, 3.05) is 11.5 Å². The van der Waals surface area contributed by atoms with Crippen LogP contribution in [0.15, 0.2) is 78.4 Å². The molecule has 1 aliphatic rings. The number of non-ortho nitro benzene ring substituents is 1. The van der Waals surface area contributed by atoms with Gasteiger partial charge in [0.25, 0.3) is 11.5 Å². The molecular formula is C26H19N3O6S. The lowest BCUT2D eigenvalue weighted by Crippen LogP contribution is -2.29. The second-order valence-electron chi connectivity index (χ2n) is 7.95. The standard InChI is InChI=1S/C26H19N3O6S/c1-2-35-18-11-12-19-20(14-18)36-26(27-19)28-22(16-9-6-10-17(13-16)29(33)34)21(24(31)25(28)32)23(30)15-7-4-3-5-8-15/h3-14,22,30H,2H2,1H3/t22-/m1/s1. The molecule has 0 unspecified atom stereocenters. The summed E-state index contributed by atoms with van der Waals surface area (Å²) < 4.78 is 6.29. The zero-order chi connectivity index (χ0) is 25.4. The predicted octanol–water partition coefficient (Wildman–Crippen LogP) is 5.23. The number of nitro groups is 1. The first-order chi connectivity index (χ1) is 17.4. The van der Waals surface area contributed by atoms with Gasteiger partial charge in [0.05, 0.1) is 33.4 Å². The van der Waals surface area contributed by atoms with E-state index in [1.165, 1.54) is 34.4 Å². The summed E-state index contributed by atoms with van der Waals surface area (Å²) in [6.45, 7) is 2.35. The van der Waals surface area contributed by atoms with Crippen molar-refractivity contribution < 1.29 is 24.4 Å². The first-order valence-electron chi connectivity index (χ1n) is 11.0. The number of anilines is 1. The van der Waals surface area contributed by atoms with E-state index in [1.807, 2.05) is 6.92 Å². The minimum Gasteiger partial charge on any atom is -0.507 e. The number of hydrogen-bond acceptors (Lipinski definition) is 8. The minimum atomic E-state index is -1.11. The number of nitrogens with zero attached hydrogens (tertiary/aromatic N) is 3. The van der Waals surface area contributed by atoms with E-state index < -0.39 is 22.7 Å². The van der Waals surface area contributed by atoms with Crippen LogP contribution in [0.1, 0.15) is 24.1 Å². The normalized spacial score (nSPS) is 17.0. The highest BCUT2D eigenvalue weighted by atomic mass is 32.1. The summed E-state index contributed by atoms with van der Waals surface area (Å²) >= 11 is 1.18. The van der Waals surface area contributed by atoms with Crippen LogP contribution in [0.25, 0.3) is 16.0 Å². The van der Waals surface area contributed by atoms with E-state index in [2.05, 4.69) is 4.98 Å². The third-order valence-electron chi connectivity index (χ3n) is 5.75. The van der Waals surface area contributed by atoms with E-state index >= 15 is 0 Å². The number of Topliss-reactive ketones (excluding diaryl/α,β-unsaturated/α-hetero) is 1. The van der Waals surface area contributed by atoms with Crippen molar-refractivity contribution >= 4 is 49.8 Å². The Hall–Kier alpha value is -4.57. The topological polar surface area (TPSA) is 123 Å². The van der Waals surface area contributed by atoms with Crippen LogP contribution in [-0.4, -0.2) is 33.3 Å². The van der Waals surface area contributed by atoms with Gasteiger partial charge in [-0.3, -0.25) is 24.6 Å². The highest BCUT2D eigenvalue weighted by Crippen LogP contribution is 2.45. The number of ketones is 1. The van der Waals surface area contributed by atoms with E-state index in [0.29, 0.717) is 29.0 Å². The van der Waals surface area contributed by atoms with Gasteiger partial charge >= 0.3 is 5.91 Å². The van der Waals surface area contributed by atoms with Crippen molar-refractivity contribution in [1.82, 2.24) is 4.98 Å². The SMILES string of the molecule is CCOc1ccc2nc(N3C(=O)C(=O)C(=C(O)c4ccccc4)[C@H]3c3cccc([N+](=O)[O-])c3)sc2c1. The van der Waals surface area contributed by atoms with Crippen molar-refractivity contribution in [1.29, 1.82) is 0 Å². The first kappa shape index (κ1) is 23.2. The summed E-state index contributed by atoms with van der Waals surface area (Å²) in [6, 6.07) is 18.2. The number of carbonyl (C=O) groups excluding carboxylic acids is 2. The second kappa shape index (κ2) is 9.23. The molecule has 1 aliphatic heterocycles. The Bertz CT molecular complexity index is 1550. The molecule has 0 spiro atoms. The Balaban J connectivity index is 1.72. The molecule has 0 aliphatic carbocycles. The summed E-state index contributed by atoms with van der Waals surface area (Å²) in [5.74, 6) is -1.51. The molecule has 0 saturated carbocycles. The Kier molecular flexibility index (Phi) is 5.95. The number of aliphatic hydroxyl groups excluding tert-OH is 1. The number of amides is 1. The van der Waals surface area contributed by atoms with Crippen molar-refractivity contribution in [3.63, 3.8) is 0 Å². The van der Waals surface area contributed by atoms with Crippen LogP contribution in [0, 0.1) is 10.1 Å². The fourth-order valence-corrected chi connectivity index (χ4v) is 5.18. The average molecular weight is 502 g/mol. The molecule has 0 radical (unpaired) electrons. The van der Waals surface area contributed by atoms with Gasteiger partial charge in [-0.05, 0) is 30.7 Å². The van der Waals surface area contributed by atoms with E-state index in [9.17, 15) is 24.8 Å². The van der Waals surface area contributed by atoms with E-state index in [4.69, 9.17) is 4.74 Å². The van der Waals surface area contributed by atoms with Gasteiger partial charge in [0.15, 0.2) is 5.13 Å². The molecule has 1 aromatic heterocycles. The molecule has 1 N–H and O–H groups in total. The summed E-state index contributed by atoms with van der Waals surface area (Å²) in [4.78, 5) is 43.3. The molecule has 36 heavy (non-hydrogen) atoms. The number of nitro benzene ring substituents is 1. The molecular weight excluding hydrogens is 482 g/mol. The Labute approximate surface area is 209 Å². The molecule has 5 rings (SSSR count). The number of thiazole rings is 1. The molecule has 4 aromatic rings. The molecule has 2 heterocycles. The maximum Gasteiger partial charge on any atom is 0.301 e. The summed E-state index contributed by atoms with van der Waals surface area (Å²) in [5.41, 5.74) is 0.873. The number of aromatic nitrogens is 1. The molecule has 1 amide bonds. The van der Waals surface area contributed by atoms with Crippen LogP contribution in [0.4, 0.5) is 10.8 Å². The fraction of sp³-hybridized carbons (Fsp3) is 0.115. The van der Waals surface area contributed by atoms with Crippen LogP contribution in [-0.2, 0) is 9.59 Å². The average Bonchev–Trinajstić information content (AvgIpc) is 3.42. The number of fused-ring (bicyclic) bond motifs is 1. The minimum absolute atomic E-state index is 0.166. The fourth-order valence-electron chi connectivity index (χ4n) is 4.16. The van der Waals surface area contributed by atoms with E-state index in [0.717, 1.165) is 4.70 Å². The zero-order valence-electron chi connectivity index (χ0n) is 19.0. The largest absolute Gasteiger partial charge is 0.507 e. The lowest BCUT2D eigenvalue weighted by molar-refractivity contribution is -0.384. The highest BCUT2D eigenvalue weighted by molar-refractivity contribution is 7.22. The van der Waals surface area contributed by atoms with Gasteiger partial charge in [-0.1, -0.05) is 53.8 Å². The van der Waals surface area contributed by atoms with Gasteiger partial charge in [-0.15, -0.1) is 0 Å². The number of hydrogen-bond donors (Lipinski definition) is 1. The maximum absolute atomic E-state index is 13.3.